The predicted molar refractivity (Wildman–Crippen MR) is 169 cm³/mol. The zero-order valence-electron chi connectivity index (χ0n) is 25.6. The van der Waals surface area contributed by atoms with Crippen molar-refractivity contribution in [3.63, 3.8) is 0 Å². The quantitative estimate of drug-likeness (QED) is 0.0966. The molecule has 0 fully saturated rings. The normalized spacial score (nSPS) is 13.7. The number of azo groups is 1. The van der Waals surface area contributed by atoms with Crippen LogP contribution in [0.5, 0.6) is 5.88 Å². The second-order valence-corrected chi connectivity index (χ2v) is 18.6. The number of pyridine rings is 1. The van der Waals surface area contributed by atoms with Gasteiger partial charge < -0.3 is 19.9 Å². The van der Waals surface area contributed by atoms with Crippen molar-refractivity contribution in [2.45, 2.75) is 17.6 Å². The van der Waals surface area contributed by atoms with Crippen molar-refractivity contribution in [3.8, 4) is 5.88 Å². The molecule has 3 rings (SSSR count). The highest BCUT2D eigenvalue weighted by Crippen LogP contribution is 2.33. The second-order valence-electron chi connectivity index (χ2n) is 10.6. The van der Waals surface area contributed by atoms with E-state index in [0.29, 0.717) is 4.57 Å². The van der Waals surface area contributed by atoms with Gasteiger partial charge in [-0.05, 0) is 30.7 Å². The number of benzene rings is 1. The first-order valence-electron chi connectivity index (χ1n) is 12.9. The molecule has 27 heteroatoms. The van der Waals surface area contributed by atoms with Crippen molar-refractivity contribution in [3.05, 3.63) is 45.8 Å². The SMILES string of the molecule is Cc1c(CS(=O)(=O)O)c(O)n(C)c(=O)c1N=Nc1cc(Nc2nc(F)nc(N(C)CS(C)(=O)(O)CCOS(=O)(=O)O)n2)ccc1S(=O)(=O)O. The Morgan fingerprint density at radius 3 is 2.29 bits per heavy atom. The standard InChI is InChI=1S/C22H29FN8O14S4/c1-12-14(10-46(34,35)36)18(32)31(3)19(33)17(12)29-28-15-9-13(5-6-16(15)47(37,38)39)24-21-25-20(23)26-22(27-21)30(2)11-49(4,43,44)8-7-45-48(40,41)42/h5-6,9,32H,7-8,10-11H2,1-4H3,(H,43,44)(H,34,35,36)(H,37,38,39)(H,40,41,42)(H,24,25,26,27). The summed E-state index contributed by atoms with van der Waals surface area (Å²) in [5.41, 5.74) is -2.99. The fourth-order valence-electron chi connectivity index (χ4n) is 4.06. The summed E-state index contributed by atoms with van der Waals surface area (Å²) in [6.07, 6.45) is -0.518. The lowest BCUT2D eigenvalue weighted by atomic mass is 10.1. The molecule has 0 unspecified atom stereocenters. The van der Waals surface area contributed by atoms with Gasteiger partial charge in [-0.2, -0.15) is 53.9 Å². The number of aromatic nitrogens is 4. The van der Waals surface area contributed by atoms with Crippen molar-refractivity contribution >= 4 is 68.9 Å². The zero-order valence-corrected chi connectivity index (χ0v) is 28.9. The smallest absolute Gasteiger partial charge is 0.397 e. The maximum absolute atomic E-state index is 14.4. The number of hydrogen-bond acceptors (Lipinski definition) is 17. The molecule has 0 saturated heterocycles. The number of anilines is 3. The fourth-order valence-corrected chi connectivity index (χ4v) is 7.52. The van der Waals surface area contributed by atoms with Crippen LogP contribution in [0.2, 0.25) is 0 Å². The van der Waals surface area contributed by atoms with E-state index in [1.807, 2.05) is 0 Å². The second kappa shape index (κ2) is 13.7. The molecule has 0 spiro atoms. The van der Waals surface area contributed by atoms with Gasteiger partial charge in [0.15, 0.2) is 11.6 Å². The topological polar surface area (TPSA) is 331 Å². The van der Waals surface area contributed by atoms with Crippen LogP contribution >= 0.6 is 0 Å². The van der Waals surface area contributed by atoms with Crippen LogP contribution in [0.25, 0.3) is 0 Å². The first-order chi connectivity index (χ1) is 22.1. The molecule has 1 aromatic carbocycles. The average Bonchev–Trinajstić information content (AvgIpc) is 2.91. The summed E-state index contributed by atoms with van der Waals surface area (Å²) in [6, 6.07) is 2.83. The number of aromatic hydroxyl groups is 1. The molecular weight excluding hydrogens is 748 g/mol. The van der Waals surface area contributed by atoms with E-state index in [1.165, 1.54) is 14.0 Å². The molecule has 22 nitrogen and oxygen atoms in total. The van der Waals surface area contributed by atoms with Crippen molar-refractivity contribution in [1.29, 1.82) is 0 Å². The molecule has 2 heterocycles. The van der Waals surface area contributed by atoms with E-state index in [2.05, 4.69) is 34.7 Å². The van der Waals surface area contributed by atoms with E-state index in [1.54, 1.807) is 0 Å². The third-order valence-corrected chi connectivity index (χ3v) is 10.6. The fraction of sp³-hybridized carbons (Fsp3) is 0.364. The van der Waals surface area contributed by atoms with Crippen LogP contribution in [0.4, 0.5) is 33.3 Å². The molecule has 2 aromatic heterocycles. The minimum absolute atomic E-state index is 0.120. The highest BCUT2D eigenvalue weighted by Gasteiger charge is 2.27. The van der Waals surface area contributed by atoms with E-state index in [4.69, 9.17) is 4.55 Å². The lowest BCUT2D eigenvalue weighted by Crippen LogP contribution is -2.47. The molecule has 0 radical (unpaired) electrons. The number of hydrogen-bond donors (Lipinski definition) is 6. The van der Waals surface area contributed by atoms with Crippen LogP contribution in [0.1, 0.15) is 11.1 Å². The van der Waals surface area contributed by atoms with Gasteiger partial charge in [-0.3, -0.25) is 23.0 Å². The molecule has 0 atom stereocenters. The van der Waals surface area contributed by atoms with Crippen LogP contribution in [0, 0.1) is 13.0 Å². The first-order valence-corrected chi connectivity index (χ1v) is 20.0. The third kappa shape index (κ3) is 11.0. The number of nitrogens with one attached hydrogen (secondary N) is 1. The lowest BCUT2D eigenvalue weighted by molar-refractivity contribution is 0.282. The predicted octanol–water partition coefficient (Wildman–Crippen LogP) is 0.653. The van der Waals surface area contributed by atoms with Crippen molar-refractivity contribution in [2.75, 3.05) is 41.8 Å². The van der Waals surface area contributed by atoms with Crippen molar-refractivity contribution < 1.29 is 61.4 Å². The molecule has 49 heavy (non-hydrogen) atoms. The number of rotatable bonds is 14. The Labute approximate surface area is 277 Å². The summed E-state index contributed by atoms with van der Waals surface area (Å²) in [4.78, 5) is 23.7. The average molecular weight is 777 g/mol. The Balaban J connectivity index is 2.00. The molecule has 0 aliphatic rings. The van der Waals surface area contributed by atoms with Gasteiger partial charge in [0.05, 0.1) is 12.4 Å². The van der Waals surface area contributed by atoms with Gasteiger partial charge in [-0.15, -0.1) is 10.2 Å². The molecular formula is C22H29FN8O14S4. The first kappa shape index (κ1) is 39.3. The van der Waals surface area contributed by atoms with Gasteiger partial charge in [-0.25, -0.2) is 8.39 Å². The minimum Gasteiger partial charge on any atom is -0.494 e. The highest BCUT2D eigenvalue weighted by atomic mass is 32.3. The summed E-state index contributed by atoms with van der Waals surface area (Å²) >= 11 is 0. The Hall–Kier alpha value is -4.09. The molecule has 0 bridgehead atoms. The van der Waals surface area contributed by atoms with E-state index < -0.39 is 115 Å². The maximum atomic E-state index is 14.4. The van der Waals surface area contributed by atoms with E-state index in [0.717, 1.165) is 36.4 Å². The van der Waals surface area contributed by atoms with E-state index in [9.17, 15) is 57.4 Å². The number of nitrogens with zero attached hydrogens (tertiary/aromatic N) is 7. The Kier molecular flexibility index (Phi) is 11.0. The van der Waals surface area contributed by atoms with Gasteiger partial charge in [0, 0.05) is 31.6 Å². The lowest BCUT2D eigenvalue weighted by Gasteiger charge is -2.41. The van der Waals surface area contributed by atoms with Gasteiger partial charge in [0.2, 0.25) is 11.9 Å². The Morgan fingerprint density at radius 2 is 1.71 bits per heavy atom. The van der Waals surface area contributed by atoms with Crippen LogP contribution in [0.15, 0.2) is 38.1 Å². The largest absolute Gasteiger partial charge is 0.494 e. The van der Waals surface area contributed by atoms with Gasteiger partial charge in [0.25, 0.3) is 25.8 Å². The molecule has 0 aliphatic heterocycles. The molecule has 3 aromatic rings. The van der Waals surface area contributed by atoms with Crippen molar-refractivity contribution in [2.24, 2.45) is 17.3 Å². The van der Waals surface area contributed by atoms with Crippen LogP contribution in [-0.2, 0) is 57.0 Å². The summed E-state index contributed by atoms with van der Waals surface area (Å²) < 4.78 is 139. The Morgan fingerprint density at radius 1 is 1.08 bits per heavy atom. The van der Waals surface area contributed by atoms with Crippen LogP contribution < -0.4 is 15.8 Å². The summed E-state index contributed by atoms with van der Waals surface area (Å²) in [7, 11) is -17.1. The maximum Gasteiger partial charge on any atom is 0.397 e. The summed E-state index contributed by atoms with van der Waals surface area (Å²) in [5.74, 6) is -4.51. The summed E-state index contributed by atoms with van der Waals surface area (Å²) in [6.45, 7) is 0.306. The van der Waals surface area contributed by atoms with Crippen LogP contribution in [-0.4, -0.2) is 104 Å². The molecule has 0 aliphatic carbocycles. The molecule has 272 valence electrons. The highest BCUT2D eigenvalue weighted by molar-refractivity contribution is 8.14. The minimum atomic E-state index is -4.99. The number of halogens is 1. The van der Waals surface area contributed by atoms with Crippen molar-refractivity contribution in [1.82, 2.24) is 19.5 Å². The van der Waals surface area contributed by atoms with Crippen LogP contribution in [0.3, 0.4) is 0 Å². The molecule has 0 saturated carbocycles. The molecule has 0 amide bonds. The van der Waals surface area contributed by atoms with Gasteiger partial charge in [0.1, 0.15) is 22.2 Å². The van der Waals surface area contributed by atoms with Gasteiger partial charge >= 0.3 is 16.5 Å². The Bertz CT molecular complexity index is 2290. The monoisotopic (exact) mass is 776 g/mol. The third-order valence-electron chi connectivity index (χ3n) is 6.28. The zero-order chi connectivity index (χ0) is 37.4. The molecule has 6 N–H and O–H groups in total. The van der Waals surface area contributed by atoms with E-state index >= 15 is 0 Å². The van der Waals surface area contributed by atoms with E-state index in [-0.39, 0.29) is 11.3 Å². The summed E-state index contributed by atoms with van der Waals surface area (Å²) in [5, 5.41) is 20.2. The van der Waals surface area contributed by atoms with Gasteiger partial charge in [-0.1, -0.05) is 0 Å².